The molecule has 12 heavy (non-hydrogen) atoms. The van der Waals surface area contributed by atoms with Gasteiger partial charge in [0, 0.05) is 11.3 Å². The quantitative estimate of drug-likeness (QED) is 0.702. The van der Waals surface area contributed by atoms with Crippen LogP contribution < -0.4 is 0 Å². The molecule has 0 aliphatic heterocycles. The minimum atomic E-state index is -0.132. The van der Waals surface area contributed by atoms with E-state index in [4.69, 9.17) is 0 Å². The summed E-state index contributed by atoms with van der Waals surface area (Å²) in [6.45, 7) is 0. The first-order valence-corrected chi connectivity index (χ1v) is 6.04. The number of aliphatic hydroxyl groups is 1. The molecule has 0 spiro atoms. The summed E-state index contributed by atoms with van der Waals surface area (Å²) >= 11 is 3.42. The van der Waals surface area contributed by atoms with Crippen molar-refractivity contribution in [3.8, 4) is 0 Å². The number of aliphatic hydroxyl groups excluding tert-OH is 1. The monoisotopic (exact) mass is 201 g/mol. The fraction of sp³-hybridized carbons (Fsp3) is 0.625. The molecular weight excluding hydrogens is 190 g/mol. The van der Waals surface area contributed by atoms with Gasteiger partial charge in [-0.2, -0.15) is 0 Å². The molecule has 66 valence electrons. The molecule has 0 radical (unpaired) electrons. The van der Waals surface area contributed by atoms with Gasteiger partial charge >= 0.3 is 0 Å². The molecule has 1 unspecified atom stereocenters. The van der Waals surface area contributed by atoms with Gasteiger partial charge < -0.3 is 5.11 Å². The second kappa shape index (κ2) is 3.36. The molecule has 1 aliphatic rings. The summed E-state index contributed by atoms with van der Waals surface area (Å²) in [5.74, 6) is 0. The minimum Gasteiger partial charge on any atom is -0.393 e. The highest BCUT2D eigenvalue weighted by Gasteiger charge is 2.20. The van der Waals surface area contributed by atoms with Gasteiger partial charge in [0.1, 0.15) is 4.34 Å². The van der Waals surface area contributed by atoms with Gasteiger partial charge in [-0.05, 0) is 19.1 Å². The van der Waals surface area contributed by atoms with E-state index in [1.54, 1.807) is 23.1 Å². The van der Waals surface area contributed by atoms with Crippen LogP contribution >= 0.6 is 23.1 Å². The predicted octanol–water partition coefficient (Wildman–Crippen LogP) is 1.71. The van der Waals surface area contributed by atoms with E-state index in [2.05, 4.69) is 4.98 Å². The number of aryl methyl sites for hydroxylation is 1. The van der Waals surface area contributed by atoms with Crippen LogP contribution in [0.4, 0.5) is 0 Å². The summed E-state index contributed by atoms with van der Waals surface area (Å²) in [4.78, 5) is 5.76. The zero-order chi connectivity index (χ0) is 8.55. The number of hydrogen-bond donors (Lipinski definition) is 1. The van der Waals surface area contributed by atoms with Crippen LogP contribution in [0.1, 0.15) is 17.0 Å². The Kier molecular flexibility index (Phi) is 2.39. The van der Waals surface area contributed by atoms with E-state index >= 15 is 0 Å². The first-order valence-electron chi connectivity index (χ1n) is 4.00. The standard InChI is InChI=1S/C8H11NOS2/c1-11-8-9-6-3-2-5(10)4-7(6)12-8/h5,10H,2-4H2,1H3. The second-order valence-electron chi connectivity index (χ2n) is 2.95. The molecule has 1 aliphatic carbocycles. The average molecular weight is 201 g/mol. The summed E-state index contributed by atoms with van der Waals surface area (Å²) in [5, 5.41) is 9.41. The van der Waals surface area contributed by atoms with Gasteiger partial charge in [0.15, 0.2) is 0 Å². The lowest BCUT2D eigenvalue weighted by atomic mass is 10.0. The van der Waals surface area contributed by atoms with E-state index in [0.29, 0.717) is 0 Å². The Hall–Kier alpha value is -0.0600. The van der Waals surface area contributed by atoms with Crippen molar-refractivity contribution in [2.75, 3.05) is 6.26 Å². The van der Waals surface area contributed by atoms with E-state index in [0.717, 1.165) is 23.6 Å². The van der Waals surface area contributed by atoms with Gasteiger partial charge in [-0.1, -0.05) is 11.8 Å². The Bertz CT molecular complexity index is 285. The third-order valence-electron chi connectivity index (χ3n) is 2.07. The summed E-state index contributed by atoms with van der Waals surface area (Å²) in [7, 11) is 0. The van der Waals surface area contributed by atoms with Crippen molar-refractivity contribution >= 4 is 23.1 Å². The Morgan fingerprint density at radius 3 is 3.25 bits per heavy atom. The van der Waals surface area contributed by atoms with E-state index in [9.17, 15) is 5.11 Å². The molecule has 0 saturated heterocycles. The molecule has 1 aromatic heterocycles. The van der Waals surface area contributed by atoms with E-state index < -0.39 is 0 Å². The van der Waals surface area contributed by atoms with Crippen LogP contribution in [0.3, 0.4) is 0 Å². The van der Waals surface area contributed by atoms with Crippen molar-refractivity contribution in [2.45, 2.75) is 29.7 Å². The molecule has 0 aromatic carbocycles. The summed E-state index contributed by atoms with van der Waals surface area (Å²) in [6.07, 6.45) is 4.56. The van der Waals surface area contributed by atoms with Crippen LogP contribution in [0.2, 0.25) is 0 Å². The van der Waals surface area contributed by atoms with Gasteiger partial charge in [0.2, 0.25) is 0 Å². The molecular formula is C8H11NOS2. The number of thiazole rings is 1. The number of hydrogen-bond acceptors (Lipinski definition) is 4. The number of rotatable bonds is 1. The Morgan fingerprint density at radius 1 is 1.67 bits per heavy atom. The van der Waals surface area contributed by atoms with Crippen molar-refractivity contribution in [3.63, 3.8) is 0 Å². The van der Waals surface area contributed by atoms with Crippen LogP contribution in [0.5, 0.6) is 0 Å². The van der Waals surface area contributed by atoms with E-state index in [1.807, 2.05) is 6.26 Å². The fourth-order valence-corrected chi connectivity index (χ4v) is 3.17. The van der Waals surface area contributed by atoms with Crippen molar-refractivity contribution in [2.24, 2.45) is 0 Å². The van der Waals surface area contributed by atoms with Gasteiger partial charge in [0.05, 0.1) is 11.8 Å². The predicted molar refractivity (Wildman–Crippen MR) is 51.9 cm³/mol. The molecule has 2 rings (SSSR count). The first-order chi connectivity index (χ1) is 5.79. The van der Waals surface area contributed by atoms with Gasteiger partial charge in [-0.25, -0.2) is 4.98 Å². The van der Waals surface area contributed by atoms with E-state index in [1.165, 1.54) is 10.6 Å². The highest BCUT2D eigenvalue weighted by atomic mass is 32.2. The summed E-state index contributed by atoms with van der Waals surface area (Å²) in [5.41, 5.74) is 1.22. The number of aromatic nitrogens is 1. The summed E-state index contributed by atoms with van der Waals surface area (Å²) < 4.78 is 1.13. The van der Waals surface area contributed by atoms with Crippen LogP contribution in [0.25, 0.3) is 0 Å². The minimum absolute atomic E-state index is 0.132. The number of fused-ring (bicyclic) bond motifs is 1. The van der Waals surface area contributed by atoms with Crippen molar-refractivity contribution in [1.29, 1.82) is 0 Å². The lowest BCUT2D eigenvalue weighted by Gasteiger charge is -2.14. The molecule has 2 nitrogen and oxygen atoms in total. The Morgan fingerprint density at radius 2 is 2.50 bits per heavy atom. The fourth-order valence-electron chi connectivity index (χ4n) is 1.42. The second-order valence-corrected chi connectivity index (χ2v) is 5.09. The van der Waals surface area contributed by atoms with Gasteiger partial charge in [-0.15, -0.1) is 11.3 Å². The Labute approximate surface area is 80.0 Å². The number of thioether (sulfide) groups is 1. The molecule has 0 saturated carbocycles. The third-order valence-corrected chi connectivity index (χ3v) is 4.17. The Balaban J connectivity index is 2.28. The molecule has 4 heteroatoms. The van der Waals surface area contributed by atoms with E-state index in [-0.39, 0.29) is 6.10 Å². The van der Waals surface area contributed by atoms with Gasteiger partial charge in [0.25, 0.3) is 0 Å². The topological polar surface area (TPSA) is 33.1 Å². The van der Waals surface area contributed by atoms with Gasteiger partial charge in [-0.3, -0.25) is 0 Å². The zero-order valence-electron chi connectivity index (χ0n) is 6.91. The van der Waals surface area contributed by atoms with Crippen LogP contribution in [-0.2, 0) is 12.8 Å². The zero-order valence-corrected chi connectivity index (χ0v) is 8.54. The average Bonchev–Trinajstić information content (AvgIpc) is 2.46. The molecule has 1 atom stereocenters. The number of nitrogens with zero attached hydrogens (tertiary/aromatic N) is 1. The SMILES string of the molecule is CSc1nc2c(s1)CC(O)CC2. The van der Waals surface area contributed by atoms with Crippen molar-refractivity contribution in [1.82, 2.24) is 4.98 Å². The first kappa shape index (κ1) is 8.53. The highest BCUT2D eigenvalue weighted by Crippen LogP contribution is 2.30. The normalized spacial score (nSPS) is 22.3. The lowest BCUT2D eigenvalue weighted by Crippen LogP contribution is -2.17. The molecule has 1 aromatic rings. The molecule has 1 heterocycles. The lowest BCUT2D eigenvalue weighted by molar-refractivity contribution is 0.159. The molecule has 0 fully saturated rings. The van der Waals surface area contributed by atoms with Crippen molar-refractivity contribution < 1.29 is 5.11 Å². The smallest absolute Gasteiger partial charge is 0.150 e. The van der Waals surface area contributed by atoms with Crippen LogP contribution in [0, 0.1) is 0 Å². The molecule has 0 amide bonds. The highest BCUT2D eigenvalue weighted by molar-refractivity contribution is 8.00. The largest absolute Gasteiger partial charge is 0.393 e. The maximum absolute atomic E-state index is 9.41. The maximum Gasteiger partial charge on any atom is 0.150 e. The maximum atomic E-state index is 9.41. The van der Waals surface area contributed by atoms with Crippen LogP contribution in [-0.4, -0.2) is 22.5 Å². The molecule has 0 bridgehead atoms. The van der Waals surface area contributed by atoms with Crippen LogP contribution in [0.15, 0.2) is 4.34 Å². The van der Waals surface area contributed by atoms with Crippen molar-refractivity contribution in [3.05, 3.63) is 10.6 Å². The molecule has 1 N–H and O–H groups in total. The summed E-state index contributed by atoms with van der Waals surface area (Å²) in [6, 6.07) is 0. The third kappa shape index (κ3) is 1.51.